The van der Waals surface area contributed by atoms with E-state index in [1.165, 1.54) is 12.4 Å². The fourth-order valence-corrected chi connectivity index (χ4v) is 2.46. The minimum Gasteiger partial charge on any atom is -0.472 e. The molecule has 29 heavy (non-hydrogen) atoms. The van der Waals surface area contributed by atoms with E-state index in [9.17, 15) is 4.79 Å². The minimum absolute atomic E-state index is 0.204. The average molecular weight is 390 g/mol. The van der Waals surface area contributed by atoms with E-state index in [-0.39, 0.29) is 11.6 Å². The van der Waals surface area contributed by atoms with Gasteiger partial charge in [0.1, 0.15) is 18.1 Å². The van der Waals surface area contributed by atoms with Crippen molar-refractivity contribution in [3.8, 4) is 5.88 Å². The highest BCUT2D eigenvalue weighted by atomic mass is 16.5. The number of hydrogen-bond acceptors (Lipinski definition) is 7. The number of pyridine rings is 1. The summed E-state index contributed by atoms with van der Waals surface area (Å²) in [6, 6.07) is 11.2. The average Bonchev–Trinajstić information content (AvgIpc) is 2.74. The Morgan fingerprint density at radius 3 is 2.83 bits per heavy atom. The van der Waals surface area contributed by atoms with Crippen molar-refractivity contribution in [2.75, 3.05) is 23.0 Å². The number of hydrogen-bond donors (Lipinski definition) is 3. The lowest BCUT2D eigenvalue weighted by Gasteiger charge is -2.10. The molecular formula is C21H22N6O2. The Kier molecular flexibility index (Phi) is 6.72. The van der Waals surface area contributed by atoms with Crippen molar-refractivity contribution in [2.24, 2.45) is 0 Å². The molecule has 0 unspecified atom stereocenters. The maximum absolute atomic E-state index is 12.4. The van der Waals surface area contributed by atoms with E-state index in [0.29, 0.717) is 30.5 Å². The van der Waals surface area contributed by atoms with Crippen molar-refractivity contribution in [1.82, 2.24) is 15.0 Å². The van der Waals surface area contributed by atoms with Gasteiger partial charge in [0.2, 0.25) is 5.88 Å². The van der Waals surface area contributed by atoms with E-state index < -0.39 is 0 Å². The molecule has 0 radical (unpaired) electrons. The van der Waals surface area contributed by atoms with Crippen LogP contribution in [0.15, 0.2) is 67.1 Å². The molecule has 0 bridgehead atoms. The first-order valence-electron chi connectivity index (χ1n) is 9.06. The second kappa shape index (κ2) is 9.84. The second-order valence-corrected chi connectivity index (χ2v) is 6.06. The van der Waals surface area contributed by atoms with Crippen molar-refractivity contribution >= 4 is 23.1 Å². The van der Waals surface area contributed by atoms with Crippen LogP contribution in [0.3, 0.4) is 0 Å². The molecule has 2 heterocycles. The normalized spacial score (nSPS) is 10.7. The predicted molar refractivity (Wildman–Crippen MR) is 113 cm³/mol. The van der Waals surface area contributed by atoms with Crippen molar-refractivity contribution < 1.29 is 9.53 Å². The van der Waals surface area contributed by atoms with Gasteiger partial charge in [0.15, 0.2) is 0 Å². The number of nitrogens with zero attached hydrogens (tertiary/aromatic N) is 3. The third kappa shape index (κ3) is 5.77. The number of nitrogens with one attached hydrogen (secondary N) is 2. The summed E-state index contributed by atoms with van der Waals surface area (Å²) in [6.45, 7) is 2.85. The maximum Gasteiger partial charge on any atom is 0.275 e. The van der Waals surface area contributed by atoms with Gasteiger partial charge in [0, 0.05) is 18.4 Å². The summed E-state index contributed by atoms with van der Waals surface area (Å²) in [5, 5.41) is 6.05. The van der Waals surface area contributed by atoms with E-state index in [4.69, 9.17) is 10.5 Å². The van der Waals surface area contributed by atoms with Gasteiger partial charge in [-0.3, -0.25) is 4.79 Å². The van der Waals surface area contributed by atoms with Crippen LogP contribution in [0.2, 0.25) is 0 Å². The van der Waals surface area contributed by atoms with Gasteiger partial charge >= 0.3 is 0 Å². The standard InChI is InChI=1S/C21H22N6O2/c1-2-3-10-29-19-14-25-18(13-26-19)21(28)27-16-7-4-6-15(11-16)12-24-17-8-5-9-23-20(17)22/h2-9,11,13-14,24H,10,12H2,1H3,(H2,22,23)(H,27,28)/b3-2+. The molecule has 0 atom stereocenters. The van der Waals surface area contributed by atoms with Crippen molar-refractivity contribution in [3.05, 3.63) is 78.4 Å². The van der Waals surface area contributed by atoms with E-state index in [1.54, 1.807) is 6.20 Å². The molecule has 0 aliphatic carbocycles. The number of benzene rings is 1. The molecule has 0 fully saturated rings. The van der Waals surface area contributed by atoms with Crippen LogP contribution in [0.25, 0.3) is 0 Å². The van der Waals surface area contributed by atoms with Crippen LogP contribution in [0, 0.1) is 0 Å². The smallest absolute Gasteiger partial charge is 0.275 e. The highest BCUT2D eigenvalue weighted by Crippen LogP contribution is 2.17. The number of amides is 1. The summed E-state index contributed by atoms with van der Waals surface area (Å²) in [5.41, 5.74) is 8.43. The first-order chi connectivity index (χ1) is 14.2. The third-order valence-electron chi connectivity index (χ3n) is 3.93. The Bertz CT molecular complexity index is 988. The van der Waals surface area contributed by atoms with Crippen LogP contribution in [0.4, 0.5) is 17.2 Å². The molecule has 0 saturated heterocycles. The molecule has 0 saturated carbocycles. The van der Waals surface area contributed by atoms with E-state index in [1.807, 2.05) is 55.5 Å². The van der Waals surface area contributed by atoms with Gasteiger partial charge in [-0.05, 0) is 36.8 Å². The van der Waals surface area contributed by atoms with Gasteiger partial charge < -0.3 is 21.1 Å². The Labute approximate surface area is 168 Å². The zero-order valence-corrected chi connectivity index (χ0v) is 16.0. The second-order valence-electron chi connectivity index (χ2n) is 6.06. The number of aromatic nitrogens is 3. The summed E-state index contributed by atoms with van der Waals surface area (Å²) in [6.07, 6.45) is 8.19. The molecule has 8 nitrogen and oxygen atoms in total. The lowest BCUT2D eigenvalue weighted by molar-refractivity contribution is 0.102. The van der Waals surface area contributed by atoms with Crippen LogP contribution in [-0.2, 0) is 6.54 Å². The van der Waals surface area contributed by atoms with Crippen LogP contribution in [-0.4, -0.2) is 27.5 Å². The SMILES string of the molecule is C/C=C/COc1cnc(C(=O)Nc2cccc(CNc3cccnc3N)c2)cn1. The molecular weight excluding hydrogens is 368 g/mol. The molecule has 148 valence electrons. The van der Waals surface area contributed by atoms with Gasteiger partial charge in [-0.25, -0.2) is 15.0 Å². The Morgan fingerprint density at radius 2 is 2.07 bits per heavy atom. The lowest BCUT2D eigenvalue weighted by Crippen LogP contribution is -2.14. The maximum atomic E-state index is 12.4. The first-order valence-corrected chi connectivity index (χ1v) is 9.06. The fourth-order valence-electron chi connectivity index (χ4n) is 2.46. The zero-order valence-electron chi connectivity index (χ0n) is 16.0. The summed E-state index contributed by atoms with van der Waals surface area (Å²) in [4.78, 5) is 24.7. The van der Waals surface area contributed by atoms with E-state index >= 15 is 0 Å². The van der Waals surface area contributed by atoms with E-state index in [2.05, 4.69) is 25.6 Å². The monoisotopic (exact) mass is 390 g/mol. The Hall–Kier alpha value is -3.94. The van der Waals surface area contributed by atoms with Gasteiger partial charge in [-0.15, -0.1) is 0 Å². The van der Waals surface area contributed by atoms with Gasteiger partial charge in [0.25, 0.3) is 5.91 Å². The number of carbonyl (C=O) groups excluding carboxylic acids is 1. The Balaban J connectivity index is 1.59. The van der Waals surface area contributed by atoms with Crippen LogP contribution in [0.1, 0.15) is 23.0 Å². The largest absolute Gasteiger partial charge is 0.472 e. The number of allylic oxidation sites excluding steroid dienone is 1. The lowest BCUT2D eigenvalue weighted by atomic mass is 10.2. The molecule has 8 heteroatoms. The predicted octanol–water partition coefficient (Wildman–Crippen LogP) is 3.27. The molecule has 4 N–H and O–H groups in total. The first kappa shape index (κ1) is 19.8. The minimum atomic E-state index is -0.348. The summed E-state index contributed by atoms with van der Waals surface area (Å²) in [7, 11) is 0. The quantitative estimate of drug-likeness (QED) is 0.506. The number of ether oxygens (including phenoxy) is 1. The Morgan fingerprint density at radius 1 is 1.17 bits per heavy atom. The van der Waals surface area contributed by atoms with Crippen molar-refractivity contribution in [3.63, 3.8) is 0 Å². The summed E-state index contributed by atoms with van der Waals surface area (Å²) >= 11 is 0. The number of carbonyl (C=O) groups is 1. The van der Waals surface area contributed by atoms with Gasteiger partial charge in [0.05, 0.1) is 18.1 Å². The molecule has 0 aliphatic heterocycles. The van der Waals surface area contributed by atoms with Gasteiger partial charge in [-0.2, -0.15) is 0 Å². The van der Waals surface area contributed by atoms with Crippen LogP contribution in [0.5, 0.6) is 5.88 Å². The molecule has 3 rings (SSSR count). The highest BCUT2D eigenvalue weighted by Gasteiger charge is 2.09. The highest BCUT2D eigenvalue weighted by molar-refractivity contribution is 6.02. The molecule has 0 aliphatic rings. The van der Waals surface area contributed by atoms with Crippen LogP contribution < -0.4 is 21.1 Å². The van der Waals surface area contributed by atoms with Crippen molar-refractivity contribution in [2.45, 2.75) is 13.5 Å². The number of nitrogen functional groups attached to an aromatic ring is 1. The number of rotatable bonds is 8. The molecule has 3 aromatic rings. The molecule has 2 aromatic heterocycles. The molecule has 0 spiro atoms. The fraction of sp³-hybridized carbons (Fsp3) is 0.143. The third-order valence-corrected chi connectivity index (χ3v) is 3.93. The summed E-state index contributed by atoms with van der Waals surface area (Å²) in [5.74, 6) is 0.454. The van der Waals surface area contributed by atoms with Gasteiger partial charge in [-0.1, -0.05) is 24.3 Å². The topological polar surface area (TPSA) is 115 Å². The van der Waals surface area contributed by atoms with Crippen molar-refractivity contribution in [1.29, 1.82) is 0 Å². The summed E-state index contributed by atoms with van der Waals surface area (Å²) < 4.78 is 5.37. The zero-order chi connectivity index (χ0) is 20.5. The number of nitrogens with two attached hydrogens (primary N) is 1. The van der Waals surface area contributed by atoms with Crippen LogP contribution >= 0.6 is 0 Å². The molecule has 1 aromatic carbocycles. The molecule has 1 amide bonds. The number of anilines is 3. The van der Waals surface area contributed by atoms with E-state index in [0.717, 1.165) is 11.3 Å².